The minimum Gasteiger partial charge on any atom is -0.298 e. The second-order valence-corrected chi connectivity index (χ2v) is 5.45. The summed E-state index contributed by atoms with van der Waals surface area (Å²) in [5.74, 6) is 0. The Morgan fingerprint density at radius 2 is 1.44 bits per heavy atom. The van der Waals surface area contributed by atoms with Crippen LogP contribution in [0.3, 0.4) is 0 Å². The van der Waals surface area contributed by atoms with E-state index in [0.29, 0.717) is 0 Å². The summed E-state index contributed by atoms with van der Waals surface area (Å²) in [6.45, 7) is 24.4. The van der Waals surface area contributed by atoms with Crippen molar-refractivity contribution in [3.8, 4) is 0 Å². The van der Waals surface area contributed by atoms with E-state index in [1.54, 1.807) is 0 Å². The van der Waals surface area contributed by atoms with Crippen LogP contribution in [0.25, 0.3) is 16.3 Å². The van der Waals surface area contributed by atoms with Crippen LogP contribution in [0.15, 0.2) is 36.9 Å². The molecule has 0 unspecified atom stereocenters. The second-order valence-electron chi connectivity index (χ2n) is 5.45. The van der Waals surface area contributed by atoms with Crippen LogP contribution in [0.2, 0.25) is 0 Å². The summed E-state index contributed by atoms with van der Waals surface area (Å²) in [6, 6.07) is 9.92. The van der Waals surface area contributed by atoms with E-state index < -0.39 is 0 Å². The van der Waals surface area contributed by atoms with Crippen LogP contribution in [-0.2, 0) is 0 Å². The highest BCUT2D eigenvalue weighted by Crippen LogP contribution is 2.28. The van der Waals surface area contributed by atoms with Gasteiger partial charge in [0.2, 0.25) is 0 Å². The first-order chi connectivity index (χ1) is 13.1. The van der Waals surface area contributed by atoms with Gasteiger partial charge in [0.1, 0.15) is 0 Å². The van der Waals surface area contributed by atoms with Gasteiger partial charge in [0.05, 0.1) is 0 Å². The molecule has 2 rings (SSSR count). The van der Waals surface area contributed by atoms with Crippen LogP contribution in [0.5, 0.6) is 0 Å². The van der Waals surface area contributed by atoms with Crippen LogP contribution in [0.4, 0.5) is 0 Å². The van der Waals surface area contributed by atoms with Gasteiger partial charge in [-0.25, -0.2) is 0 Å². The normalized spacial score (nSPS) is 8.37. The number of benzene rings is 2. The maximum atomic E-state index is 11.1. The van der Waals surface area contributed by atoms with Crippen molar-refractivity contribution in [2.75, 3.05) is 0 Å². The van der Waals surface area contributed by atoms with Crippen molar-refractivity contribution in [2.45, 2.75) is 88.5 Å². The predicted octanol–water partition coefficient (Wildman–Crippen LogP) is 9.27. The molecule has 0 saturated heterocycles. The zero-order chi connectivity index (χ0) is 21.8. The molecular formula is C26H44O. The maximum Gasteiger partial charge on any atom is 0.150 e. The maximum absolute atomic E-state index is 11.1. The van der Waals surface area contributed by atoms with E-state index in [2.05, 4.69) is 27.4 Å². The molecule has 0 heterocycles. The lowest BCUT2D eigenvalue weighted by Crippen LogP contribution is -1.91. The van der Waals surface area contributed by atoms with E-state index in [0.717, 1.165) is 33.8 Å². The highest BCUT2D eigenvalue weighted by molar-refractivity contribution is 6.05. The summed E-state index contributed by atoms with van der Waals surface area (Å²) in [5, 5.41) is 2.15. The van der Waals surface area contributed by atoms with Crippen molar-refractivity contribution in [2.24, 2.45) is 0 Å². The molecule has 154 valence electrons. The highest BCUT2D eigenvalue weighted by Gasteiger charge is 2.07. The smallest absolute Gasteiger partial charge is 0.150 e. The minimum atomic E-state index is 0.735. The fourth-order valence-electron chi connectivity index (χ4n) is 2.39. The van der Waals surface area contributed by atoms with Crippen LogP contribution in [-0.4, -0.2) is 6.29 Å². The number of carbonyl (C=O) groups excluding carboxylic acids is 1. The van der Waals surface area contributed by atoms with Crippen molar-refractivity contribution in [1.82, 2.24) is 0 Å². The average Bonchev–Trinajstić information content (AvgIpc) is 2.73. The predicted molar refractivity (Wildman–Crippen MR) is 128 cm³/mol. The van der Waals surface area contributed by atoms with Crippen LogP contribution in [0.1, 0.15) is 103 Å². The summed E-state index contributed by atoms with van der Waals surface area (Å²) < 4.78 is 0. The molecule has 0 aliphatic carbocycles. The average molecular weight is 373 g/mol. The van der Waals surface area contributed by atoms with Gasteiger partial charge in [0.25, 0.3) is 0 Å². The van der Waals surface area contributed by atoms with Crippen LogP contribution < -0.4 is 0 Å². The van der Waals surface area contributed by atoms with Gasteiger partial charge in [0, 0.05) is 5.56 Å². The molecule has 2 aromatic rings. The van der Waals surface area contributed by atoms with Gasteiger partial charge in [-0.3, -0.25) is 4.79 Å². The Kier molecular flexibility index (Phi) is 22.6. The van der Waals surface area contributed by atoms with Gasteiger partial charge < -0.3 is 0 Å². The molecule has 0 radical (unpaired) electrons. The molecule has 0 amide bonds. The number of aryl methyl sites for hydroxylation is 1. The Labute approximate surface area is 169 Å². The minimum absolute atomic E-state index is 0.735. The van der Waals surface area contributed by atoms with Crippen molar-refractivity contribution >= 4 is 22.6 Å². The number of fused-ring (bicyclic) bond motifs is 1. The van der Waals surface area contributed by atoms with Crippen LogP contribution in [0, 0.1) is 6.92 Å². The molecule has 0 spiro atoms. The first kappa shape index (κ1) is 29.9. The Hall–Kier alpha value is -1.89. The lowest BCUT2D eigenvalue weighted by atomic mass is 9.94. The monoisotopic (exact) mass is 372 g/mol. The first-order valence-electron chi connectivity index (χ1n) is 10.7. The van der Waals surface area contributed by atoms with E-state index in [1.165, 1.54) is 24.8 Å². The first-order valence-corrected chi connectivity index (χ1v) is 10.7. The van der Waals surface area contributed by atoms with E-state index in [4.69, 9.17) is 0 Å². The SMILES string of the molecule is C=C(C)c1cccc2c(C)ccc(C=O)c12.CC.CC.CC.CCCCC. The molecule has 0 saturated carbocycles. The molecule has 0 aromatic heterocycles. The number of hydrogen-bond acceptors (Lipinski definition) is 1. The van der Waals surface area contributed by atoms with Crippen molar-refractivity contribution in [3.05, 3.63) is 53.6 Å². The van der Waals surface area contributed by atoms with Gasteiger partial charge in [-0.05, 0) is 35.7 Å². The number of hydrogen-bond donors (Lipinski definition) is 0. The molecule has 1 nitrogen and oxygen atoms in total. The fraction of sp³-hybridized carbons (Fsp3) is 0.500. The Bertz CT molecular complexity index is 621. The Morgan fingerprint density at radius 1 is 0.926 bits per heavy atom. The lowest BCUT2D eigenvalue weighted by Gasteiger charge is -2.10. The quantitative estimate of drug-likeness (QED) is 0.489. The molecule has 0 bridgehead atoms. The second kappa shape index (κ2) is 20.4. The van der Waals surface area contributed by atoms with E-state index in [-0.39, 0.29) is 0 Å². The van der Waals surface area contributed by atoms with Crippen molar-refractivity contribution in [3.63, 3.8) is 0 Å². The molecule has 27 heavy (non-hydrogen) atoms. The van der Waals surface area contributed by atoms with Gasteiger partial charge in [0.15, 0.2) is 6.29 Å². The molecule has 1 heteroatoms. The third kappa shape index (κ3) is 10.8. The largest absolute Gasteiger partial charge is 0.298 e. The van der Waals surface area contributed by atoms with Crippen LogP contribution >= 0.6 is 0 Å². The van der Waals surface area contributed by atoms with Gasteiger partial charge in [-0.15, -0.1) is 0 Å². The standard InChI is InChI=1S/C15H14O.C5H12.3C2H6/c1-10(2)13-5-4-6-14-11(3)7-8-12(9-16)15(13)14;1-3-5-4-2;3*1-2/h4-9H,1H2,2-3H3;3-5H2,1-2H3;3*1-2H3. The Balaban J connectivity index is -0.000000443. The fourth-order valence-corrected chi connectivity index (χ4v) is 2.39. The summed E-state index contributed by atoms with van der Waals surface area (Å²) in [4.78, 5) is 11.1. The molecule has 0 fully saturated rings. The van der Waals surface area contributed by atoms with Crippen molar-refractivity contribution < 1.29 is 4.79 Å². The third-order valence-electron chi connectivity index (χ3n) is 3.58. The molecule has 0 aliphatic heterocycles. The number of carbonyl (C=O) groups is 1. The van der Waals surface area contributed by atoms with Gasteiger partial charge >= 0.3 is 0 Å². The third-order valence-corrected chi connectivity index (χ3v) is 3.58. The lowest BCUT2D eigenvalue weighted by molar-refractivity contribution is 0.112. The summed E-state index contributed by atoms with van der Waals surface area (Å²) in [5.41, 5.74) is 3.96. The summed E-state index contributed by atoms with van der Waals surface area (Å²) in [6.07, 6.45) is 4.99. The van der Waals surface area contributed by atoms with E-state index in [1.807, 2.05) is 78.8 Å². The summed E-state index contributed by atoms with van der Waals surface area (Å²) in [7, 11) is 0. The molecular weight excluding hydrogens is 328 g/mol. The number of aldehydes is 1. The zero-order valence-electron chi connectivity index (χ0n) is 19.7. The molecule has 2 aromatic carbocycles. The number of rotatable bonds is 4. The molecule has 0 N–H and O–H groups in total. The highest BCUT2D eigenvalue weighted by atomic mass is 16.1. The Morgan fingerprint density at radius 3 is 1.81 bits per heavy atom. The summed E-state index contributed by atoms with van der Waals surface area (Å²) >= 11 is 0. The molecule has 0 atom stereocenters. The number of allylic oxidation sites excluding steroid dienone is 1. The van der Waals surface area contributed by atoms with Gasteiger partial charge in [-0.1, -0.05) is 117 Å². The molecule has 0 aliphatic rings. The van der Waals surface area contributed by atoms with Crippen molar-refractivity contribution in [1.29, 1.82) is 0 Å². The zero-order valence-corrected chi connectivity index (χ0v) is 19.7. The van der Waals surface area contributed by atoms with E-state index in [9.17, 15) is 4.79 Å². The topological polar surface area (TPSA) is 17.1 Å². The van der Waals surface area contributed by atoms with E-state index >= 15 is 0 Å². The number of unbranched alkanes of at least 4 members (excludes halogenated alkanes) is 2. The van der Waals surface area contributed by atoms with Gasteiger partial charge in [-0.2, -0.15) is 0 Å².